The Morgan fingerprint density at radius 2 is 2.07 bits per heavy atom. The number of likely N-dealkylation sites (N-methyl/N-ethyl adjacent to an activating group) is 1. The third kappa shape index (κ3) is 3.70. The van der Waals surface area contributed by atoms with Crippen LogP contribution < -0.4 is 15.0 Å². The largest absolute Gasteiger partial charge is 0.487 e. The van der Waals surface area contributed by atoms with Crippen molar-refractivity contribution in [3.05, 3.63) is 29.5 Å². The molecule has 5 nitrogen and oxygen atoms in total. The Bertz CT molecular complexity index is 734. The summed E-state index contributed by atoms with van der Waals surface area (Å²) in [5.41, 5.74) is 4.54. The number of likely N-dealkylation sites (tertiary alicyclic amines) is 1. The molecule has 146 valence electrons. The van der Waals surface area contributed by atoms with Gasteiger partial charge in [-0.1, -0.05) is 6.92 Å². The van der Waals surface area contributed by atoms with Crippen molar-refractivity contribution in [2.75, 3.05) is 31.6 Å². The Morgan fingerprint density at radius 1 is 1.30 bits per heavy atom. The predicted molar refractivity (Wildman–Crippen MR) is 112 cm³/mol. The van der Waals surface area contributed by atoms with E-state index in [1.807, 2.05) is 6.20 Å². The van der Waals surface area contributed by atoms with E-state index in [0.717, 1.165) is 49.4 Å². The summed E-state index contributed by atoms with van der Waals surface area (Å²) in [7, 11) is 2.18. The van der Waals surface area contributed by atoms with Gasteiger partial charge in [0.15, 0.2) is 0 Å². The lowest BCUT2D eigenvalue weighted by Gasteiger charge is -2.40. The lowest BCUT2D eigenvalue weighted by atomic mass is 9.92. The van der Waals surface area contributed by atoms with E-state index in [9.17, 15) is 0 Å². The topological polar surface area (TPSA) is 51.6 Å². The molecule has 1 aliphatic carbocycles. The van der Waals surface area contributed by atoms with Crippen LogP contribution in [0.3, 0.4) is 0 Å². The molecule has 1 atom stereocenters. The number of nitrogens with zero attached hydrogens (tertiary/aromatic N) is 2. The van der Waals surface area contributed by atoms with Gasteiger partial charge in [-0.2, -0.15) is 0 Å². The average Bonchev–Trinajstić information content (AvgIpc) is 3.46. The van der Waals surface area contributed by atoms with Gasteiger partial charge in [0.05, 0.1) is 0 Å². The molecule has 0 spiro atoms. The summed E-state index contributed by atoms with van der Waals surface area (Å²) in [5.74, 6) is 0.999. The summed E-state index contributed by atoms with van der Waals surface area (Å²) < 4.78 is 6.56. The number of hydrogen-bond acceptors (Lipinski definition) is 5. The van der Waals surface area contributed by atoms with Crippen molar-refractivity contribution >= 4 is 17.5 Å². The quantitative estimate of drug-likeness (QED) is 0.725. The Kier molecular flexibility index (Phi) is 5.13. The first-order valence-corrected chi connectivity index (χ1v) is 10.4. The zero-order valence-electron chi connectivity index (χ0n) is 16.8. The summed E-state index contributed by atoms with van der Waals surface area (Å²) in [6.45, 7) is 7.55. The van der Waals surface area contributed by atoms with Crippen LogP contribution in [0.5, 0.6) is 5.75 Å². The second-order valence-corrected chi connectivity index (χ2v) is 8.22. The minimum absolute atomic E-state index is 0.253. The zero-order chi connectivity index (χ0) is 19.0. The number of hydrogen-bond donors (Lipinski definition) is 2. The van der Waals surface area contributed by atoms with Crippen molar-refractivity contribution in [1.29, 1.82) is 5.41 Å². The molecule has 27 heavy (non-hydrogen) atoms. The molecule has 2 N–H and O–H groups in total. The van der Waals surface area contributed by atoms with Crippen LogP contribution in [0.25, 0.3) is 5.57 Å². The van der Waals surface area contributed by atoms with Gasteiger partial charge in [-0.3, -0.25) is 4.90 Å². The van der Waals surface area contributed by atoms with Gasteiger partial charge in [0, 0.05) is 67.0 Å². The predicted octanol–water partition coefficient (Wildman–Crippen LogP) is 3.28. The summed E-state index contributed by atoms with van der Waals surface area (Å²) in [6, 6.07) is 5.48. The summed E-state index contributed by atoms with van der Waals surface area (Å²) in [4.78, 5) is 4.76. The van der Waals surface area contributed by atoms with Crippen LogP contribution in [0.15, 0.2) is 18.3 Å². The van der Waals surface area contributed by atoms with Crippen molar-refractivity contribution in [1.82, 2.24) is 10.2 Å². The molecule has 2 heterocycles. The van der Waals surface area contributed by atoms with E-state index in [2.05, 4.69) is 48.1 Å². The van der Waals surface area contributed by atoms with E-state index >= 15 is 0 Å². The molecule has 1 unspecified atom stereocenters. The number of nitrogens with one attached hydrogen (secondary N) is 2. The van der Waals surface area contributed by atoms with Crippen LogP contribution in [0.1, 0.15) is 44.2 Å². The molecule has 1 saturated carbocycles. The van der Waals surface area contributed by atoms with E-state index in [0.29, 0.717) is 12.1 Å². The van der Waals surface area contributed by atoms with Gasteiger partial charge >= 0.3 is 0 Å². The molecule has 4 rings (SSSR count). The first kappa shape index (κ1) is 18.4. The summed E-state index contributed by atoms with van der Waals surface area (Å²) >= 11 is 0. The standard InChI is InChI=1S/C22H32N4O/c1-4-26-13-18(14-26)27-22-19(16(11-23)12-24-17-6-7-17)9-10-21-20(22)8-5-15(2)25(21)3/h9-12,15,17-18,23-24H,4-8,13-14H2,1-3H3/b16-12+,23-11?. The first-order valence-electron chi connectivity index (χ1n) is 10.4. The third-order valence-corrected chi connectivity index (χ3v) is 6.26. The normalized spacial score (nSPS) is 23.6. The Balaban J connectivity index is 1.68. The van der Waals surface area contributed by atoms with Crippen molar-refractivity contribution in [3.63, 3.8) is 0 Å². The fourth-order valence-electron chi connectivity index (χ4n) is 4.01. The zero-order valence-corrected chi connectivity index (χ0v) is 16.8. The van der Waals surface area contributed by atoms with Gasteiger partial charge in [-0.15, -0.1) is 0 Å². The maximum absolute atomic E-state index is 7.97. The number of fused-ring (bicyclic) bond motifs is 1. The maximum atomic E-state index is 7.97. The van der Waals surface area contributed by atoms with E-state index < -0.39 is 0 Å². The molecule has 2 aliphatic heterocycles. The highest BCUT2D eigenvalue weighted by Gasteiger charge is 2.31. The van der Waals surface area contributed by atoms with Gasteiger partial charge in [0.2, 0.25) is 0 Å². The van der Waals surface area contributed by atoms with Gasteiger partial charge in [-0.25, -0.2) is 0 Å². The van der Waals surface area contributed by atoms with E-state index in [4.69, 9.17) is 10.1 Å². The monoisotopic (exact) mass is 368 g/mol. The fraction of sp³-hybridized carbons (Fsp3) is 0.591. The van der Waals surface area contributed by atoms with Crippen LogP contribution >= 0.6 is 0 Å². The van der Waals surface area contributed by atoms with Crippen molar-refractivity contribution in [2.45, 2.75) is 57.7 Å². The molecule has 1 aromatic rings. The smallest absolute Gasteiger partial charge is 0.133 e. The lowest BCUT2D eigenvalue weighted by molar-refractivity contribution is 0.0230. The van der Waals surface area contributed by atoms with Gasteiger partial charge in [0.25, 0.3) is 0 Å². The minimum Gasteiger partial charge on any atom is -0.487 e. The number of anilines is 1. The Morgan fingerprint density at radius 3 is 2.74 bits per heavy atom. The Labute approximate surface area is 162 Å². The number of benzene rings is 1. The van der Waals surface area contributed by atoms with Crippen molar-refractivity contribution in [3.8, 4) is 5.75 Å². The van der Waals surface area contributed by atoms with E-state index in [1.54, 1.807) is 0 Å². The van der Waals surface area contributed by atoms with Crippen molar-refractivity contribution in [2.24, 2.45) is 0 Å². The van der Waals surface area contributed by atoms with E-state index in [-0.39, 0.29) is 6.10 Å². The molecular formula is C22H32N4O. The Hall–Kier alpha value is -2.01. The summed E-state index contributed by atoms with van der Waals surface area (Å²) in [5, 5.41) is 11.4. The van der Waals surface area contributed by atoms with Crippen LogP contribution in [0.2, 0.25) is 0 Å². The highest BCUT2D eigenvalue weighted by molar-refractivity contribution is 6.09. The van der Waals surface area contributed by atoms with Crippen molar-refractivity contribution < 1.29 is 4.74 Å². The fourth-order valence-corrected chi connectivity index (χ4v) is 4.01. The summed E-state index contributed by atoms with van der Waals surface area (Å²) in [6.07, 6.45) is 8.35. The molecule has 0 radical (unpaired) electrons. The number of allylic oxidation sites excluding steroid dienone is 1. The van der Waals surface area contributed by atoms with Gasteiger partial charge in [0.1, 0.15) is 11.9 Å². The highest BCUT2D eigenvalue weighted by Crippen LogP contribution is 2.41. The van der Waals surface area contributed by atoms with Crippen LogP contribution in [0, 0.1) is 5.41 Å². The van der Waals surface area contributed by atoms with E-state index in [1.165, 1.54) is 30.3 Å². The molecule has 1 aromatic carbocycles. The van der Waals surface area contributed by atoms with Crippen LogP contribution in [-0.4, -0.2) is 56.0 Å². The molecular weight excluding hydrogens is 336 g/mol. The molecule has 3 aliphatic rings. The molecule has 2 fully saturated rings. The number of rotatable bonds is 7. The van der Waals surface area contributed by atoms with Gasteiger partial charge < -0.3 is 20.4 Å². The second kappa shape index (κ2) is 7.55. The SMILES string of the molecule is CCN1CC(Oc2c(/C(C=N)=C/NC3CC3)ccc3c2CCC(C)N3C)C1. The molecule has 5 heteroatoms. The van der Waals surface area contributed by atoms with Crippen LogP contribution in [-0.2, 0) is 6.42 Å². The molecule has 1 saturated heterocycles. The third-order valence-electron chi connectivity index (χ3n) is 6.26. The lowest BCUT2D eigenvalue weighted by Crippen LogP contribution is -2.53. The maximum Gasteiger partial charge on any atom is 0.133 e. The minimum atomic E-state index is 0.253. The molecule has 0 amide bonds. The highest BCUT2D eigenvalue weighted by atomic mass is 16.5. The molecule has 0 aromatic heterocycles. The van der Waals surface area contributed by atoms with Gasteiger partial charge in [-0.05, 0) is 51.3 Å². The first-order chi connectivity index (χ1) is 13.1. The average molecular weight is 369 g/mol. The second-order valence-electron chi connectivity index (χ2n) is 8.22. The molecule has 0 bridgehead atoms. The number of ether oxygens (including phenoxy) is 1. The van der Waals surface area contributed by atoms with Crippen LogP contribution in [0.4, 0.5) is 5.69 Å².